The Kier molecular flexibility index (Phi) is 8.62. The number of benzene rings is 3. The number of para-hydroxylation sites is 1. The van der Waals surface area contributed by atoms with Gasteiger partial charge in [0.05, 0.1) is 23.3 Å². The molecule has 0 fully saturated rings. The van der Waals surface area contributed by atoms with Gasteiger partial charge in [-0.3, -0.25) is 19.5 Å². The summed E-state index contributed by atoms with van der Waals surface area (Å²) in [6.45, 7) is 2.02. The third-order valence-electron chi connectivity index (χ3n) is 5.37. The topological polar surface area (TPSA) is 125 Å². The van der Waals surface area contributed by atoms with E-state index in [4.69, 9.17) is 4.74 Å². The van der Waals surface area contributed by atoms with E-state index in [1.165, 1.54) is 30.1 Å². The van der Waals surface area contributed by atoms with Crippen LogP contribution in [0.25, 0.3) is 23.2 Å². The van der Waals surface area contributed by atoms with Crippen molar-refractivity contribution in [2.24, 2.45) is 5.10 Å². The van der Waals surface area contributed by atoms with E-state index in [9.17, 15) is 14.9 Å². The van der Waals surface area contributed by atoms with Crippen LogP contribution < -0.4 is 10.2 Å². The number of nitrogens with one attached hydrogen (secondary N) is 1. The van der Waals surface area contributed by atoms with Gasteiger partial charge in [-0.2, -0.15) is 5.10 Å². The van der Waals surface area contributed by atoms with E-state index in [0.29, 0.717) is 16.5 Å². The Morgan fingerprint density at radius 3 is 2.55 bits per heavy atom. The Morgan fingerprint density at radius 2 is 1.84 bits per heavy atom. The van der Waals surface area contributed by atoms with Gasteiger partial charge in [-0.25, -0.2) is 5.43 Å². The number of ether oxygens (including phenoxy) is 1. The lowest BCUT2D eigenvalue weighted by Gasteiger charge is -2.11. The number of aromatic nitrogens is 3. The summed E-state index contributed by atoms with van der Waals surface area (Å²) < 4.78 is 7.16. The quantitative estimate of drug-likeness (QED) is 0.132. The van der Waals surface area contributed by atoms with Crippen LogP contribution in [0.3, 0.4) is 0 Å². The minimum absolute atomic E-state index is 0.0106. The third-order valence-corrected chi connectivity index (χ3v) is 6.29. The zero-order chi connectivity index (χ0) is 26.9. The van der Waals surface area contributed by atoms with Gasteiger partial charge in [0.15, 0.2) is 11.0 Å². The molecule has 0 saturated heterocycles. The molecule has 4 rings (SSSR count). The first-order chi connectivity index (χ1) is 18.5. The number of nitro benzene ring substituents is 1. The average molecular weight is 529 g/mol. The number of hydrogen-bond donors (Lipinski definition) is 1. The molecule has 4 aromatic rings. The summed E-state index contributed by atoms with van der Waals surface area (Å²) in [6, 6.07) is 21.8. The van der Waals surface area contributed by atoms with Crippen molar-refractivity contribution in [2.75, 3.05) is 12.9 Å². The Bertz CT molecular complexity index is 1480. The van der Waals surface area contributed by atoms with Gasteiger partial charge >= 0.3 is 0 Å². The van der Waals surface area contributed by atoms with Crippen LogP contribution in [0, 0.1) is 17.0 Å². The molecule has 1 N–H and O–H groups in total. The van der Waals surface area contributed by atoms with Gasteiger partial charge in [0.2, 0.25) is 0 Å². The first kappa shape index (κ1) is 26.3. The van der Waals surface area contributed by atoms with Crippen molar-refractivity contribution >= 4 is 35.6 Å². The summed E-state index contributed by atoms with van der Waals surface area (Å²) in [5.74, 6) is 1.08. The number of carbonyl (C=O) groups is 1. The lowest BCUT2D eigenvalue weighted by atomic mass is 10.1. The van der Waals surface area contributed by atoms with Crippen molar-refractivity contribution in [1.29, 1.82) is 0 Å². The molecule has 1 heterocycles. The van der Waals surface area contributed by atoms with Crippen LogP contribution in [0.1, 0.15) is 11.1 Å². The van der Waals surface area contributed by atoms with Crippen LogP contribution in [-0.4, -0.2) is 44.7 Å². The van der Waals surface area contributed by atoms with E-state index in [-0.39, 0.29) is 17.3 Å². The van der Waals surface area contributed by atoms with E-state index in [0.717, 1.165) is 22.6 Å². The fraction of sp³-hybridized carbons (Fsp3) is 0.111. The van der Waals surface area contributed by atoms with Crippen LogP contribution in [0.4, 0.5) is 5.69 Å². The molecule has 11 heteroatoms. The Morgan fingerprint density at radius 1 is 1.11 bits per heavy atom. The number of methoxy groups -OCH3 is 1. The smallest absolute Gasteiger partial charge is 0.276 e. The van der Waals surface area contributed by atoms with Crippen LogP contribution in [0.2, 0.25) is 0 Å². The lowest BCUT2D eigenvalue weighted by Crippen LogP contribution is -2.19. The Hall–Kier alpha value is -4.77. The zero-order valence-corrected chi connectivity index (χ0v) is 21.5. The second-order valence-corrected chi connectivity index (χ2v) is 8.93. The highest BCUT2D eigenvalue weighted by molar-refractivity contribution is 7.99. The number of allylic oxidation sites excluding steroid dienone is 1. The summed E-state index contributed by atoms with van der Waals surface area (Å²) in [7, 11) is 1.61. The molecule has 0 aliphatic carbocycles. The standard InChI is InChI=1S/C27H24N6O4S/c1-19-9-11-21(12-10-19)26-30-31-27(32(26)22-13-15-23(37-2)16-14-22)38-18-25(34)29-28-17-5-7-20-6-3-4-8-24(20)33(35)36/h3-17H,18H2,1-2H3,(H,29,34)/b7-5+,28-17+. The predicted molar refractivity (Wildman–Crippen MR) is 148 cm³/mol. The van der Waals surface area contributed by atoms with E-state index in [1.54, 1.807) is 31.4 Å². The van der Waals surface area contributed by atoms with Crippen molar-refractivity contribution in [3.63, 3.8) is 0 Å². The number of nitrogens with zero attached hydrogens (tertiary/aromatic N) is 5. The summed E-state index contributed by atoms with van der Waals surface area (Å²) in [5.41, 5.74) is 5.73. The van der Waals surface area contributed by atoms with Gasteiger partial charge in [0.25, 0.3) is 11.6 Å². The normalized spacial score (nSPS) is 11.2. The van der Waals surface area contributed by atoms with Crippen molar-refractivity contribution in [1.82, 2.24) is 20.2 Å². The summed E-state index contributed by atoms with van der Waals surface area (Å²) in [4.78, 5) is 23.0. The number of hydrogen-bond acceptors (Lipinski definition) is 8. The van der Waals surface area contributed by atoms with Gasteiger partial charge in [0.1, 0.15) is 5.75 Å². The predicted octanol–water partition coefficient (Wildman–Crippen LogP) is 5.07. The van der Waals surface area contributed by atoms with Crippen LogP contribution in [0.5, 0.6) is 5.75 Å². The van der Waals surface area contributed by atoms with E-state index < -0.39 is 4.92 Å². The van der Waals surface area contributed by atoms with Crippen molar-refractivity contribution in [3.05, 3.63) is 100 Å². The molecule has 0 aliphatic rings. The van der Waals surface area contributed by atoms with Gasteiger partial charge in [-0.05, 0) is 49.4 Å². The molecule has 0 radical (unpaired) electrons. The monoisotopic (exact) mass is 528 g/mol. The molecule has 38 heavy (non-hydrogen) atoms. The summed E-state index contributed by atoms with van der Waals surface area (Å²) in [6.07, 6.45) is 4.42. The highest BCUT2D eigenvalue weighted by Gasteiger charge is 2.17. The first-order valence-electron chi connectivity index (χ1n) is 11.5. The van der Waals surface area contributed by atoms with Gasteiger partial charge in [0, 0.05) is 23.5 Å². The average Bonchev–Trinajstić information content (AvgIpc) is 3.36. The maximum Gasteiger partial charge on any atom is 0.276 e. The molecular weight excluding hydrogens is 504 g/mol. The van der Waals surface area contributed by atoms with Crippen LogP contribution >= 0.6 is 11.8 Å². The molecule has 0 atom stereocenters. The third kappa shape index (κ3) is 6.51. The lowest BCUT2D eigenvalue weighted by molar-refractivity contribution is -0.385. The van der Waals surface area contributed by atoms with E-state index >= 15 is 0 Å². The number of aryl methyl sites for hydroxylation is 1. The molecule has 1 amide bonds. The van der Waals surface area contributed by atoms with Crippen molar-refractivity contribution in [2.45, 2.75) is 12.1 Å². The highest BCUT2D eigenvalue weighted by Crippen LogP contribution is 2.29. The molecule has 1 aromatic heterocycles. The second-order valence-electron chi connectivity index (χ2n) is 7.98. The molecule has 0 unspecified atom stereocenters. The number of hydrazone groups is 1. The maximum absolute atomic E-state index is 12.4. The van der Waals surface area contributed by atoms with Crippen molar-refractivity contribution < 1.29 is 14.5 Å². The van der Waals surface area contributed by atoms with Gasteiger partial charge in [-0.15, -0.1) is 10.2 Å². The SMILES string of the molecule is COc1ccc(-n2c(SCC(=O)N/N=C/C=C/c3ccccc3[N+](=O)[O-])nnc2-c2ccc(C)cc2)cc1. The first-order valence-corrected chi connectivity index (χ1v) is 12.5. The van der Waals surface area contributed by atoms with Crippen molar-refractivity contribution in [3.8, 4) is 22.8 Å². The number of thioether (sulfide) groups is 1. The van der Waals surface area contributed by atoms with E-state index in [2.05, 4.69) is 20.7 Å². The van der Waals surface area contributed by atoms with E-state index in [1.807, 2.05) is 60.0 Å². The number of nitro groups is 1. The Balaban J connectivity index is 1.45. The molecule has 0 aliphatic heterocycles. The molecule has 10 nitrogen and oxygen atoms in total. The van der Waals surface area contributed by atoms with Gasteiger partial charge < -0.3 is 4.74 Å². The minimum Gasteiger partial charge on any atom is -0.497 e. The summed E-state index contributed by atoms with van der Waals surface area (Å²) >= 11 is 1.22. The van der Waals surface area contributed by atoms with Crippen LogP contribution in [-0.2, 0) is 4.79 Å². The second kappa shape index (κ2) is 12.5. The minimum atomic E-state index is -0.454. The molecule has 0 spiro atoms. The Labute approximate surface area is 223 Å². The highest BCUT2D eigenvalue weighted by atomic mass is 32.2. The molecule has 0 saturated carbocycles. The van der Waals surface area contributed by atoms with Gasteiger partial charge in [-0.1, -0.05) is 53.7 Å². The fourth-order valence-electron chi connectivity index (χ4n) is 3.47. The molecule has 3 aromatic carbocycles. The zero-order valence-electron chi connectivity index (χ0n) is 20.6. The molecule has 0 bridgehead atoms. The largest absolute Gasteiger partial charge is 0.497 e. The fourth-order valence-corrected chi connectivity index (χ4v) is 4.22. The number of amides is 1. The maximum atomic E-state index is 12.4. The molecule has 192 valence electrons. The number of rotatable bonds is 10. The molecular formula is C27H24N6O4S. The number of carbonyl (C=O) groups excluding carboxylic acids is 1. The summed E-state index contributed by atoms with van der Waals surface area (Å²) in [5, 5.41) is 24.2. The van der Waals surface area contributed by atoms with Crippen LogP contribution in [0.15, 0.2) is 89.1 Å².